The highest BCUT2D eigenvalue weighted by Crippen LogP contribution is 2.43. The van der Waals surface area contributed by atoms with Crippen molar-refractivity contribution in [1.82, 2.24) is 0 Å². The van der Waals surface area contributed by atoms with Crippen LogP contribution in [0.25, 0.3) is 0 Å². The quantitative estimate of drug-likeness (QED) is 0.0211. The summed E-state index contributed by atoms with van der Waals surface area (Å²) in [6.07, 6.45) is 108. The van der Waals surface area contributed by atoms with Gasteiger partial charge in [-0.05, 0) is 83.5 Å². The Morgan fingerprint density at radius 3 is 0.878 bits per heavy atom. The maximum Gasteiger partial charge on any atom is 0.472 e. The summed E-state index contributed by atoms with van der Waals surface area (Å²) in [4.78, 5) is 36.0. The van der Waals surface area contributed by atoms with Crippen LogP contribution < -0.4 is 0 Å². The molecule has 0 amide bonds. The number of carbonyl (C=O) groups is 2. The van der Waals surface area contributed by atoms with Crippen LogP contribution in [0.2, 0.25) is 0 Å². The highest BCUT2D eigenvalue weighted by Gasteiger charge is 2.27. The van der Waals surface area contributed by atoms with E-state index in [0.717, 1.165) is 64.2 Å². The molecule has 2 unspecified atom stereocenters. The molecule has 574 valence electrons. The SMILES string of the molecule is CC/C=C\C/C=C\C/C=C\C/C=C\C/C=C\CCCCCCCCCCCCCCCCCCCCCCCCCCCC(=O)OC(COC(=O)CCCCCCCCCCCCCCCCCCCCCCC/C=C\CCCCCCCCCC)COP(=O)(O)OCC[N+](C)(C)C. The number of hydrogen-bond donors (Lipinski definition) is 1. The van der Waals surface area contributed by atoms with Crippen LogP contribution in [-0.4, -0.2) is 74.9 Å². The topological polar surface area (TPSA) is 108 Å². The molecule has 0 aliphatic heterocycles. The zero-order valence-electron chi connectivity index (χ0n) is 65.8. The average molecular weight is 1400 g/mol. The van der Waals surface area contributed by atoms with E-state index in [2.05, 4.69) is 86.8 Å². The minimum atomic E-state index is -4.40. The van der Waals surface area contributed by atoms with E-state index >= 15 is 0 Å². The fourth-order valence-electron chi connectivity index (χ4n) is 12.8. The molecule has 0 aromatic heterocycles. The van der Waals surface area contributed by atoms with Gasteiger partial charge in [-0.1, -0.05) is 401 Å². The van der Waals surface area contributed by atoms with Crippen molar-refractivity contribution in [2.75, 3.05) is 47.5 Å². The largest absolute Gasteiger partial charge is 0.472 e. The van der Waals surface area contributed by atoms with Gasteiger partial charge in [-0.15, -0.1) is 0 Å². The minimum absolute atomic E-state index is 0.0342. The van der Waals surface area contributed by atoms with E-state index < -0.39 is 26.5 Å². The van der Waals surface area contributed by atoms with Gasteiger partial charge in [-0.25, -0.2) is 4.57 Å². The number of ether oxygens (including phenoxy) is 2. The van der Waals surface area contributed by atoms with Gasteiger partial charge < -0.3 is 18.9 Å². The first-order valence-corrected chi connectivity index (χ1v) is 44.2. The molecular weight excluding hydrogens is 1230 g/mol. The second-order valence-electron chi connectivity index (χ2n) is 30.2. The van der Waals surface area contributed by atoms with E-state index in [9.17, 15) is 19.0 Å². The lowest BCUT2D eigenvalue weighted by molar-refractivity contribution is -0.870. The van der Waals surface area contributed by atoms with Crippen LogP contribution in [0.3, 0.4) is 0 Å². The van der Waals surface area contributed by atoms with Gasteiger partial charge in [0.1, 0.15) is 19.8 Å². The van der Waals surface area contributed by atoms with Crippen LogP contribution in [-0.2, 0) is 32.7 Å². The Labute approximate surface area is 609 Å². The van der Waals surface area contributed by atoms with Gasteiger partial charge in [-0.3, -0.25) is 18.6 Å². The van der Waals surface area contributed by atoms with E-state index in [1.54, 1.807) is 0 Å². The molecule has 0 radical (unpaired) electrons. The molecule has 0 aliphatic rings. The van der Waals surface area contributed by atoms with Gasteiger partial charge >= 0.3 is 19.8 Å². The Balaban J connectivity index is 3.87. The first-order valence-electron chi connectivity index (χ1n) is 42.7. The molecule has 98 heavy (non-hydrogen) atoms. The predicted octanol–water partition coefficient (Wildman–Crippen LogP) is 28.6. The molecule has 0 aromatic rings. The lowest BCUT2D eigenvalue weighted by atomic mass is 10.0. The zero-order chi connectivity index (χ0) is 71.1. The van der Waals surface area contributed by atoms with Crippen LogP contribution in [0.15, 0.2) is 72.9 Å². The monoisotopic (exact) mass is 1400 g/mol. The van der Waals surface area contributed by atoms with Gasteiger partial charge in [0.2, 0.25) is 0 Å². The molecule has 0 aliphatic carbocycles. The molecule has 2 atom stereocenters. The summed E-state index contributed by atoms with van der Waals surface area (Å²) in [6.45, 7) is 4.39. The molecule has 0 fully saturated rings. The number of esters is 2. The van der Waals surface area contributed by atoms with E-state index in [-0.39, 0.29) is 25.6 Å². The third-order valence-corrected chi connectivity index (χ3v) is 20.2. The molecule has 10 heteroatoms. The molecule has 1 N–H and O–H groups in total. The first-order chi connectivity index (χ1) is 48.0. The summed E-state index contributed by atoms with van der Waals surface area (Å²) < 4.78 is 34.9. The maximum absolute atomic E-state index is 12.9. The van der Waals surface area contributed by atoms with E-state index in [4.69, 9.17) is 18.5 Å². The summed E-state index contributed by atoms with van der Waals surface area (Å²) in [5.74, 6) is -0.772. The fourth-order valence-corrected chi connectivity index (χ4v) is 13.5. The number of unbranched alkanes of at least 4 members (excludes halogenated alkanes) is 54. The molecule has 0 spiro atoms. The first kappa shape index (κ1) is 95.5. The van der Waals surface area contributed by atoms with Gasteiger partial charge in [0.05, 0.1) is 27.7 Å². The van der Waals surface area contributed by atoms with E-state index in [1.807, 2.05) is 21.1 Å². The molecule has 0 aromatic carbocycles. The summed E-state index contributed by atoms with van der Waals surface area (Å²) in [5.41, 5.74) is 0. The van der Waals surface area contributed by atoms with E-state index in [0.29, 0.717) is 23.9 Å². The van der Waals surface area contributed by atoms with Crippen molar-refractivity contribution in [1.29, 1.82) is 0 Å². The lowest BCUT2D eigenvalue weighted by Gasteiger charge is -2.24. The molecule has 0 bridgehead atoms. The number of rotatable bonds is 80. The number of allylic oxidation sites excluding steroid dienone is 12. The summed E-state index contributed by atoms with van der Waals surface area (Å²) in [6, 6.07) is 0. The zero-order valence-corrected chi connectivity index (χ0v) is 66.7. The Hall–Kier alpha value is -2.55. The number of likely N-dealkylation sites (N-methyl/N-ethyl adjacent to an activating group) is 1. The summed E-state index contributed by atoms with van der Waals surface area (Å²) in [5, 5.41) is 0. The Bertz CT molecular complexity index is 1890. The van der Waals surface area contributed by atoms with Gasteiger partial charge in [0, 0.05) is 12.8 Å². The molecule has 0 rings (SSSR count). The molecule has 0 saturated carbocycles. The fraction of sp³-hybridized carbons (Fsp3) is 0.841. The average Bonchev–Trinajstić information content (AvgIpc) is 1.08. The van der Waals surface area contributed by atoms with Crippen molar-refractivity contribution in [3.8, 4) is 0 Å². The lowest BCUT2D eigenvalue weighted by Crippen LogP contribution is -2.37. The van der Waals surface area contributed by atoms with Crippen molar-refractivity contribution >= 4 is 19.8 Å². The Morgan fingerprint density at radius 2 is 0.582 bits per heavy atom. The van der Waals surface area contributed by atoms with Crippen LogP contribution in [0.4, 0.5) is 0 Å². The van der Waals surface area contributed by atoms with Crippen molar-refractivity contribution in [3.63, 3.8) is 0 Å². The van der Waals surface area contributed by atoms with Crippen LogP contribution in [0.1, 0.15) is 425 Å². The number of nitrogens with zero attached hydrogens (tertiary/aromatic N) is 1. The van der Waals surface area contributed by atoms with Gasteiger partial charge in [-0.2, -0.15) is 0 Å². The number of phosphoric ester groups is 1. The van der Waals surface area contributed by atoms with Crippen LogP contribution in [0, 0.1) is 0 Å². The van der Waals surface area contributed by atoms with Crippen molar-refractivity contribution in [3.05, 3.63) is 72.9 Å². The van der Waals surface area contributed by atoms with Gasteiger partial charge in [0.15, 0.2) is 6.10 Å². The van der Waals surface area contributed by atoms with Crippen molar-refractivity contribution in [2.45, 2.75) is 431 Å². The van der Waals surface area contributed by atoms with Crippen LogP contribution >= 0.6 is 7.82 Å². The summed E-state index contributed by atoms with van der Waals surface area (Å²) >= 11 is 0. The van der Waals surface area contributed by atoms with E-state index in [1.165, 1.54) is 327 Å². The van der Waals surface area contributed by atoms with Crippen LogP contribution in [0.5, 0.6) is 0 Å². The number of phosphoric acid groups is 1. The number of hydrogen-bond acceptors (Lipinski definition) is 7. The second-order valence-corrected chi connectivity index (χ2v) is 31.6. The normalized spacial score (nSPS) is 13.3. The third-order valence-electron chi connectivity index (χ3n) is 19.2. The van der Waals surface area contributed by atoms with Crippen molar-refractivity contribution < 1.29 is 42.1 Å². The Kier molecular flexibility index (Phi) is 76.5. The second kappa shape index (κ2) is 78.6. The highest BCUT2D eigenvalue weighted by atomic mass is 31.2. The minimum Gasteiger partial charge on any atom is -0.462 e. The standard InChI is InChI=1S/C88H164NO8P/c1-6-8-10-12-14-16-18-20-22-24-26-28-30-32-34-36-38-40-41-42-43-44-45-46-47-49-51-53-55-57-59-61-63-65-67-69-71-73-75-77-79-81-88(91)97-86(85-96-98(92,93)95-83-82-89(3,4)5)84-94-87(90)80-78-76-74-72-70-68-66-64-62-60-58-56-54-52-50-48-39-37-35-33-31-29-27-25-23-21-19-17-15-13-11-9-7-2/h8,10,14,16,20,22,25-28,32,34,86H,6-7,9,11-13,15,17-19,21,23-24,29-31,33,35-85H2,1-5H3/p+1/b10-8-,16-14-,22-20-,27-25-,28-26-,34-32-. The molecular formula is C88H165NO8P+. The summed E-state index contributed by atoms with van der Waals surface area (Å²) in [7, 11) is 1.50. The van der Waals surface area contributed by atoms with Crippen molar-refractivity contribution in [2.24, 2.45) is 0 Å². The number of carbonyl (C=O) groups excluding carboxylic acids is 2. The van der Waals surface area contributed by atoms with Gasteiger partial charge in [0.25, 0.3) is 0 Å². The molecule has 0 heterocycles. The Morgan fingerprint density at radius 1 is 0.327 bits per heavy atom. The molecule has 0 saturated heterocycles. The predicted molar refractivity (Wildman–Crippen MR) is 427 cm³/mol. The number of quaternary nitrogens is 1. The smallest absolute Gasteiger partial charge is 0.462 e. The highest BCUT2D eigenvalue weighted by molar-refractivity contribution is 7.47. The third kappa shape index (κ3) is 82.4. The molecule has 9 nitrogen and oxygen atoms in total. The maximum atomic E-state index is 12.9.